The number of nitrogens with zero attached hydrogens (tertiary/aromatic N) is 1. The van der Waals surface area contributed by atoms with Crippen molar-refractivity contribution in [3.63, 3.8) is 0 Å². The lowest BCUT2D eigenvalue weighted by atomic mass is 10.1. The SMILES string of the molecule is O=C(CSc1cccc(NC(=O)c2ccccc2C(=O)O)c1)Nc1nc(-c2ccc(F)cc2)cs1. The van der Waals surface area contributed by atoms with Crippen molar-refractivity contribution in [1.29, 1.82) is 0 Å². The molecule has 35 heavy (non-hydrogen) atoms. The molecule has 4 aromatic rings. The summed E-state index contributed by atoms with van der Waals surface area (Å²) >= 11 is 2.55. The average molecular weight is 508 g/mol. The second-order valence-corrected chi connectivity index (χ2v) is 9.12. The molecule has 7 nitrogen and oxygen atoms in total. The number of nitrogens with one attached hydrogen (secondary N) is 2. The number of thiazole rings is 1. The predicted molar refractivity (Wildman–Crippen MR) is 135 cm³/mol. The maximum absolute atomic E-state index is 13.1. The van der Waals surface area contributed by atoms with Gasteiger partial charge < -0.3 is 15.7 Å². The number of carbonyl (C=O) groups excluding carboxylic acids is 2. The third-order valence-electron chi connectivity index (χ3n) is 4.75. The molecule has 0 aliphatic heterocycles. The standard InChI is InChI=1S/C25H18FN3O4S2/c26-16-10-8-15(9-11-16)21-13-35-25(28-21)29-22(30)14-34-18-5-3-4-17(12-18)27-23(31)19-6-1-2-7-20(19)24(32)33/h1-13H,14H2,(H,27,31)(H,32,33)(H,28,29,30). The number of carboxylic acids is 1. The van der Waals surface area contributed by atoms with E-state index in [1.807, 2.05) is 0 Å². The lowest BCUT2D eigenvalue weighted by molar-refractivity contribution is -0.113. The second-order valence-electron chi connectivity index (χ2n) is 7.21. The molecule has 1 heterocycles. The first-order chi connectivity index (χ1) is 16.9. The Hall–Kier alpha value is -4.02. The number of carboxylic acid groups (broad SMARTS) is 1. The first kappa shape index (κ1) is 24.1. The highest BCUT2D eigenvalue weighted by atomic mass is 32.2. The molecular formula is C25H18FN3O4S2. The number of hydrogen-bond acceptors (Lipinski definition) is 6. The maximum atomic E-state index is 13.1. The molecule has 4 rings (SSSR count). The summed E-state index contributed by atoms with van der Waals surface area (Å²) in [5.74, 6) is -2.19. The van der Waals surface area contributed by atoms with Crippen LogP contribution >= 0.6 is 23.1 Å². The van der Waals surface area contributed by atoms with Crippen molar-refractivity contribution in [2.75, 3.05) is 16.4 Å². The molecule has 0 aliphatic rings. The molecule has 2 amide bonds. The number of halogens is 1. The van der Waals surface area contributed by atoms with E-state index in [1.165, 1.54) is 47.4 Å². The normalized spacial score (nSPS) is 10.5. The van der Waals surface area contributed by atoms with Gasteiger partial charge in [0.2, 0.25) is 5.91 Å². The van der Waals surface area contributed by atoms with Gasteiger partial charge in [-0.25, -0.2) is 14.2 Å². The highest BCUT2D eigenvalue weighted by Gasteiger charge is 2.16. The molecular weight excluding hydrogens is 489 g/mol. The Morgan fingerprint density at radius 2 is 1.69 bits per heavy atom. The van der Waals surface area contributed by atoms with Gasteiger partial charge in [-0.3, -0.25) is 9.59 Å². The number of rotatable bonds is 8. The number of thioether (sulfide) groups is 1. The van der Waals surface area contributed by atoms with Gasteiger partial charge in [-0.1, -0.05) is 18.2 Å². The van der Waals surface area contributed by atoms with E-state index in [0.717, 1.165) is 10.5 Å². The van der Waals surface area contributed by atoms with E-state index in [-0.39, 0.29) is 28.6 Å². The number of anilines is 2. The van der Waals surface area contributed by atoms with Gasteiger partial charge in [0.05, 0.1) is 22.6 Å². The van der Waals surface area contributed by atoms with Crippen LogP contribution in [0.3, 0.4) is 0 Å². The third-order valence-corrected chi connectivity index (χ3v) is 6.51. The lowest BCUT2D eigenvalue weighted by Crippen LogP contribution is -2.16. The van der Waals surface area contributed by atoms with E-state index in [1.54, 1.807) is 53.9 Å². The van der Waals surface area contributed by atoms with Gasteiger partial charge in [-0.05, 0) is 54.6 Å². The van der Waals surface area contributed by atoms with E-state index in [9.17, 15) is 23.9 Å². The van der Waals surface area contributed by atoms with E-state index in [2.05, 4.69) is 15.6 Å². The minimum Gasteiger partial charge on any atom is -0.478 e. The largest absolute Gasteiger partial charge is 0.478 e. The molecule has 10 heteroatoms. The first-order valence-corrected chi connectivity index (χ1v) is 12.1. The van der Waals surface area contributed by atoms with Crippen LogP contribution in [0, 0.1) is 5.82 Å². The summed E-state index contributed by atoms with van der Waals surface area (Å²) in [6.45, 7) is 0. The summed E-state index contributed by atoms with van der Waals surface area (Å²) in [7, 11) is 0. The Bertz CT molecular complexity index is 1390. The Morgan fingerprint density at radius 3 is 2.43 bits per heavy atom. The second kappa shape index (κ2) is 10.9. The number of aromatic nitrogens is 1. The van der Waals surface area contributed by atoms with E-state index >= 15 is 0 Å². The number of aromatic carboxylic acids is 1. The maximum Gasteiger partial charge on any atom is 0.336 e. The fourth-order valence-electron chi connectivity index (χ4n) is 3.12. The van der Waals surface area contributed by atoms with Crippen molar-refractivity contribution in [3.05, 3.63) is 95.1 Å². The van der Waals surface area contributed by atoms with Crippen molar-refractivity contribution < 1.29 is 23.9 Å². The fraction of sp³-hybridized carbons (Fsp3) is 0.0400. The van der Waals surface area contributed by atoms with Gasteiger partial charge >= 0.3 is 5.97 Å². The van der Waals surface area contributed by atoms with Crippen LogP contribution < -0.4 is 10.6 Å². The van der Waals surface area contributed by atoms with E-state index < -0.39 is 11.9 Å². The number of hydrogen-bond donors (Lipinski definition) is 3. The van der Waals surface area contributed by atoms with Crippen LogP contribution in [-0.2, 0) is 4.79 Å². The highest BCUT2D eigenvalue weighted by molar-refractivity contribution is 8.00. The molecule has 176 valence electrons. The smallest absolute Gasteiger partial charge is 0.336 e. The van der Waals surface area contributed by atoms with Crippen molar-refractivity contribution in [2.45, 2.75) is 4.90 Å². The zero-order chi connectivity index (χ0) is 24.8. The van der Waals surface area contributed by atoms with Crippen molar-refractivity contribution >= 4 is 51.7 Å². The van der Waals surface area contributed by atoms with Gasteiger partial charge in [-0.15, -0.1) is 23.1 Å². The Kier molecular flexibility index (Phi) is 7.54. The molecule has 0 saturated heterocycles. The van der Waals surface area contributed by atoms with Crippen LogP contribution in [-0.4, -0.2) is 33.6 Å². The van der Waals surface area contributed by atoms with Crippen molar-refractivity contribution in [2.24, 2.45) is 0 Å². The molecule has 0 fully saturated rings. The minimum absolute atomic E-state index is 0.0564. The molecule has 0 unspecified atom stereocenters. The van der Waals surface area contributed by atoms with Crippen LogP contribution in [0.5, 0.6) is 0 Å². The summed E-state index contributed by atoms with van der Waals surface area (Å²) in [5, 5.41) is 16.9. The van der Waals surface area contributed by atoms with Gasteiger partial charge in [0.1, 0.15) is 5.82 Å². The zero-order valence-electron chi connectivity index (χ0n) is 18.0. The quantitative estimate of drug-likeness (QED) is 0.267. The van der Waals surface area contributed by atoms with Crippen LogP contribution in [0.15, 0.2) is 83.1 Å². The zero-order valence-corrected chi connectivity index (χ0v) is 19.7. The van der Waals surface area contributed by atoms with Gasteiger partial charge in [0, 0.05) is 21.5 Å². The predicted octanol–water partition coefficient (Wildman–Crippen LogP) is 5.63. The Morgan fingerprint density at radius 1 is 0.943 bits per heavy atom. The first-order valence-electron chi connectivity index (χ1n) is 10.3. The molecule has 0 aliphatic carbocycles. The highest BCUT2D eigenvalue weighted by Crippen LogP contribution is 2.26. The molecule has 0 spiro atoms. The van der Waals surface area contributed by atoms with Gasteiger partial charge in [-0.2, -0.15) is 0 Å². The Balaban J connectivity index is 1.34. The molecule has 0 atom stereocenters. The van der Waals surface area contributed by atoms with Crippen molar-refractivity contribution in [1.82, 2.24) is 4.98 Å². The van der Waals surface area contributed by atoms with E-state index in [4.69, 9.17) is 0 Å². The minimum atomic E-state index is -1.18. The summed E-state index contributed by atoms with van der Waals surface area (Å²) < 4.78 is 13.1. The van der Waals surface area contributed by atoms with Gasteiger partial charge in [0.15, 0.2) is 5.13 Å². The number of amides is 2. The molecule has 0 radical (unpaired) electrons. The summed E-state index contributed by atoms with van der Waals surface area (Å²) in [5.41, 5.74) is 1.84. The van der Waals surface area contributed by atoms with Gasteiger partial charge in [0.25, 0.3) is 5.91 Å². The van der Waals surface area contributed by atoms with Crippen LogP contribution in [0.4, 0.5) is 15.2 Å². The lowest BCUT2D eigenvalue weighted by Gasteiger charge is -2.09. The molecule has 3 N–H and O–H groups in total. The van der Waals surface area contributed by atoms with Crippen molar-refractivity contribution in [3.8, 4) is 11.3 Å². The summed E-state index contributed by atoms with van der Waals surface area (Å²) in [6, 6.07) is 18.8. The van der Waals surface area contributed by atoms with Crippen LogP contribution in [0.1, 0.15) is 20.7 Å². The van der Waals surface area contributed by atoms with Crippen LogP contribution in [0.25, 0.3) is 11.3 Å². The molecule has 3 aromatic carbocycles. The summed E-state index contributed by atoms with van der Waals surface area (Å²) in [6.07, 6.45) is 0. The third kappa shape index (κ3) is 6.31. The monoisotopic (exact) mass is 507 g/mol. The molecule has 1 aromatic heterocycles. The number of benzene rings is 3. The summed E-state index contributed by atoms with van der Waals surface area (Å²) in [4.78, 5) is 41.4. The van der Waals surface area contributed by atoms with E-state index in [0.29, 0.717) is 16.5 Å². The Labute approximate surface area is 208 Å². The fourth-order valence-corrected chi connectivity index (χ4v) is 4.61. The average Bonchev–Trinajstić information content (AvgIpc) is 3.31. The topological polar surface area (TPSA) is 108 Å². The number of carbonyl (C=O) groups is 3. The van der Waals surface area contributed by atoms with Crippen LogP contribution in [0.2, 0.25) is 0 Å². The molecule has 0 saturated carbocycles. The molecule has 0 bridgehead atoms.